The largest absolute Gasteiger partial charge is 2.00 e. The molecule has 0 heterocycles. The van der Waals surface area contributed by atoms with Crippen molar-refractivity contribution in [2.75, 3.05) is 52.9 Å². The monoisotopic (exact) mass is 659 g/mol. The molecule has 0 amide bonds. The molecule has 15 nitrogen and oxygen atoms in total. The minimum absolute atomic E-state index is 0. The first-order chi connectivity index (χ1) is 13.7. The van der Waals surface area contributed by atoms with Crippen LogP contribution >= 0.6 is 0 Å². The van der Waals surface area contributed by atoms with Crippen LogP contribution in [0.15, 0.2) is 0 Å². The van der Waals surface area contributed by atoms with E-state index in [4.69, 9.17) is 39.4 Å². The van der Waals surface area contributed by atoms with Crippen LogP contribution in [0.3, 0.4) is 0 Å². The number of carboxylic acid groups (broad SMARTS) is 4. The normalized spacial score (nSPS) is 9.94. The fourth-order valence-corrected chi connectivity index (χ4v) is 2.04. The van der Waals surface area contributed by atoms with Gasteiger partial charge in [0.05, 0.1) is 84.0 Å². The summed E-state index contributed by atoms with van der Waals surface area (Å²) >= 11 is 0. The number of aliphatic carboxylic acids is 4. The van der Waals surface area contributed by atoms with Gasteiger partial charge in [-0.05, 0) is 0 Å². The van der Waals surface area contributed by atoms with E-state index in [1.807, 2.05) is 0 Å². The van der Waals surface area contributed by atoms with Crippen molar-refractivity contribution in [2.24, 2.45) is 5.41 Å². The van der Waals surface area contributed by atoms with Crippen molar-refractivity contribution >= 4 is 23.9 Å². The standard InChI is InChI=1S/C17H28O12.2H2O.O.W/c18-13(19)1-5-26-9-17(10-27-6-2-14(20)21,11-28-7-3-15(22)23)12-29-8-4-16(24)25;;;;/h1-12H2,(H,18,19)(H,20,21)(H,22,23)(H,24,25);2*1H2;;/q;;;-2;/p-1. The molecule has 0 aliphatic heterocycles. The molecule has 0 aromatic rings. The van der Waals surface area contributed by atoms with Gasteiger partial charge in [0, 0.05) is 21.1 Å². The van der Waals surface area contributed by atoms with Gasteiger partial charge in [-0.25, -0.2) is 0 Å². The number of hydrogen-bond donors (Lipinski definition) is 4. The average Bonchev–Trinajstić information content (AvgIpc) is 2.62. The second kappa shape index (κ2) is 24.9. The molecule has 0 aromatic heterocycles. The zero-order valence-corrected chi connectivity index (χ0v) is 20.7. The van der Waals surface area contributed by atoms with Crippen LogP contribution in [0.5, 0.6) is 0 Å². The molecule has 0 saturated heterocycles. The van der Waals surface area contributed by atoms with Gasteiger partial charge < -0.3 is 55.8 Å². The third-order valence-corrected chi connectivity index (χ3v) is 3.47. The Morgan fingerprint density at radius 2 is 0.727 bits per heavy atom. The molecule has 0 aromatic carbocycles. The third-order valence-electron chi connectivity index (χ3n) is 3.47. The molecule has 0 unspecified atom stereocenters. The molecule has 0 saturated carbocycles. The summed E-state index contributed by atoms with van der Waals surface area (Å²) in [5.74, 6) is -4.21. The van der Waals surface area contributed by atoms with Gasteiger partial charge in [0.15, 0.2) is 0 Å². The summed E-state index contributed by atoms with van der Waals surface area (Å²) in [6.45, 7) is -0.707. The van der Waals surface area contributed by atoms with E-state index in [0.717, 1.165) is 0 Å². The van der Waals surface area contributed by atoms with Crippen molar-refractivity contribution in [3.05, 3.63) is 0 Å². The van der Waals surface area contributed by atoms with E-state index in [0.29, 0.717) is 0 Å². The smallest absolute Gasteiger partial charge is 0.305 e. The summed E-state index contributed by atoms with van der Waals surface area (Å²) in [5, 5.41) is 34.8. The Morgan fingerprint density at radius 3 is 0.879 bits per heavy atom. The van der Waals surface area contributed by atoms with Crippen LogP contribution in [0.4, 0.5) is 0 Å². The van der Waals surface area contributed by atoms with Crippen LogP contribution in [-0.4, -0.2) is 108 Å². The molecule has 0 atom stereocenters. The van der Waals surface area contributed by atoms with Gasteiger partial charge >= 0.3 is 23.9 Å². The van der Waals surface area contributed by atoms with Gasteiger partial charge in [-0.1, -0.05) is 0 Å². The molecular weight excluding hydrogens is 628 g/mol. The molecule has 0 fully saturated rings. The topological polar surface area (TPSA) is 276 Å². The summed E-state index contributed by atoms with van der Waals surface area (Å²) < 4.78 is 21.5. The molecule has 0 spiro atoms. The Balaban J connectivity index is -0.000000653. The maximum Gasteiger partial charge on any atom is 0.305 e. The molecule has 0 radical (unpaired) electrons. The van der Waals surface area contributed by atoms with Crippen molar-refractivity contribution < 1.29 is 96.0 Å². The van der Waals surface area contributed by atoms with Crippen LogP contribution < -0.4 is 0 Å². The molecule has 0 bridgehead atoms. The Morgan fingerprint density at radius 1 is 0.545 bits per heavy atom. The van der Waals surface area contributed by atoms with E-state index < -0.39 is 29.3 Å². The molecule has 16 heteroatoms. The number of rotatable bonds is 20. The molecule has 198 valence electrons. The predicted molar refractivity (Wildman–Crippen MR) is 101 cm³/mol. The minimum Gasteiger partial charge on any atom is -2.00 e. The van der Waals surface area contributed by atoms with Gasteiger partial charge in [-0.3, -0.25) is 19.2 Å². The molecule has 7 N–H and O–H groups in total. The van der Waals surface area contributed by atoms with E-state index >= 15 is 0 Å². The predicted octanol–water partition coefficient (Wildman–Crippen LogP) is -1.18. The van der Waals surface area contributed by atoms with Crippen molar-refractivity contribution in [1.29, 1.82) is 0 Å². The molecular formula is C17H31O15W-3. The van der Waals surface area contributed by atoms with Crippen molar-refractivity contribution in [2.45, 2.75) is 25.7 Å². The number of carboxylic acids is 4. The van der Waals surface area contributed by atoms with E-state index in [1.54, 1.807) is 0 Å². The fourth-order valence-electron chi connectivity index (χ4n) is 2.04. The Kier molecular flexibility index (Phi) is 31.4. The second-order valence-electron chi connectivity index (χ2n) is 6.29. The van der Waals surface area contributed by atoms with Gasteiger partial charge in [0.1, 0.15) is 0 Å². The summed E-state index contributed by atoms with van der Waals surface area (Å²) in [6.07, 6.45) is -0.962. The second-order valence-corrected chi connectivity index (χ2v) is 6.29. The third kappa shape index (κ3) is 26.4. The zero-order valence-electron chi connectivity index (χ0n) is 17.8. The Hall–Kier alpha value is -1.71. The number of carbonyl (C=O) groups is 4. The van der Waals surface area contributed by atoms with Crippen LogP contribution in [0.2, 0.25) is 0 Å². The fraction of sp³-hybridized carbons (Fsp3) is 0.765. The quantitative estimate of drug-likeness (QED) is 0.112. The molecule has 33 heavy (non-hydrogen) atoms. The molecule has 0 rings (SSSR count). The first-order valence-electron chi connectivity index (χ1n) is 8.85. The summed E-state index contributed by atoms with van der Waals surface area (Å²) in [7, 11) is 0. The van der Waals surface area contributed by atoms with E-state index in [-0.39, 0.29) is 116 Å². The van der Waals surface area contributed by atoms with Crippen LogP contribution in [0.1, 0.15) is 25.7 Å². The van der Waals surface area contributed by atoms with E-state index in [2.05, 4.69) is 0 Å². The molecule has 0 aliphatic carbocycles. The summed E-state index contributed by atoms with van der Waals surface area (Å²) in [6, 6.07) is 0. The van der Waals surface area contributed by atoms with Crippen molar-refractivity contribution in [1.82, 2.24) is 0 Å². The first kappa shape index (κ1) is 41.5. The Labute approximate surface area is 204 Å². The van der Waals surface area contributed by atoms with Crippen molar-refractivity contribution in [3.63, 3.8) is 0 Å². The minimum atomic E-state index is -1.05. The van der Waals surface area contributed by atoms with E-state index in [1.165, 1.54) is 0 Å². The van der Waals surface area contributed by atoms with Crippen molar-refractivity contribution in [3.8, 4) is 0 Å². The first-order valence-corrected chi connectivity index (χ1v) is 8.85. The number of hydrogen-bond acceptors (Lipinski definition) is 9. The van der Waals surface area contributed by atoms with Gasteiger partial charge in [0.2, 0.25) is 0 Å². The van der Waals surface area contributed by atoms with Gasteiger partial charge in [0.25, 0.3) is 0 Å². The molecule has 0 aliphatic rings. The van der Waals surface area contributed by atoms with Crippen LogP contribution in [0.25, 0.3) is 0 Å². The number of ether oxygens (including phenoxy) is 4. The zero-order chi connectivity index (χ0) is 22.1. The Bertz CT molecular complexity index is 435. The average molecular weight is 659 g/mol. The van der Waals surface area contributed by atoms with Crippen LogP contribution in [-0.2, 0) is 64.7 Å². The summed E-state index contributed by atoms with van der Waals surface area (Å²) in [5.41, 5.74) is -1.01. The van der Waals surface area contributed by atoms with Crippen LogP contribution in [0, 0.1) is 5.41 Å². The maximum absolute atomic E-state index is 10.6. The van der Waals surface area contributed by atoms with E-state index in [9.17, 15) is 19.2 Å². The SMILES string of the molecule is O.O=C(O)CCOCC(COCCC(=O)O)(COCCC(=O)O)COCCC(=O)O.[O-2].[OH-].[W]. The van der Waals surface area contributed by atoms with Gasteiger partial charge in [-0.2, -0.15) is 0 Å². The maximum atomic E-state index is 10.6. The van der Waals surface area contributed by atoms with Gasteiger partial charge in [-0.15, -0.1) is 0 Å². The summed E-state index contributed by atoms with van der Waals surface area (Å²) in [4.78, 5) is 42.5.